The number of benzene rings is 8. The van der Waals surface area contributed by atoms with Crippen LogP contribution >= 0.6 is 23.2 Å². The Bertz CT molecular complexity index is 3340. The summed E-state index contributed by atoms with van der Waals surface area (Å²) in [5.41, 5.74) is 4.01. The quantitative estimate of drug-likeness (QED) is 0.0740. The molecule has 0 aliphatic heterocycles. The summed E-state index contributed by atoms with van der Waals surface area (Å²) < 4.78 is 75.4. The van der Waals surface area contributed by atoms with Crippen LogP contribution in [-0.2, 0) is 10.1 Å². The maximum absolute atomic E-state index is 12.5. The molecule has 0 unspecified atom stereocenters. The first kappa shape index (κ1) is 45.4. The zero-order chi connectivity index (χ0) is 44.3. The number of rotatable bonds is 6. The van der Waals surface area contributed by atoms with Gasteiger partial charge in [0.05, 0.1) is 5.39 Å². The van der Waals surface area contributed by atoms with Crippen molar-refractivity contribution in [2.24, 2.45) is 0 Å². The first-order chi connectivity index (χ1) is 30.3. The van der Waals surface area contributed by atoms with Gasteiger partial charge in [-0.3, -0.25) is 4.70 Å². The lowest BCUT2D eigenvalue weighted by molar-refractivity contribution is -0.0499. The number of hydrogen-bond donors (Lipinski definition) is 2. The van der Waals surface area contributed by atoms with Crippen molar-refractivity contribution in [3.05, 3.63) is 192 Å². The van der Waals surface area contributed by atoms with E-state index in [4.69, 9.17) is 42.1 Å². The van der Waals surface area contributed by atoms with Crippen molar-refractivity contribution in [3.63, 3.8) is 0 Å². The van der Waals surface area contributed by atoms with Crippen molar-refractivity contribution in [2.45, 2.75) is 5.51 Å². The Kier molecular flexibility index (Phi) is 13.5. The van der Waals surface area contributed by atoms with E-state index >= 15 is 0 Å². The highest BCUT2D eigenvalue weighted by Gasteiger charge is 2.48. The van der Waals surface area contributed by atoms with Crippen LogP contribution < -0.4 is 9.65 Å². The average Bonchev–Trinajstić information content (AvgIpc) is 3.85. The van der Waals surface area contributed by atoms with Gasteiger partial charge in [-0.2, -0.15) is 21.6 Å². The van der Waals surface area contributed by atoms with Crippen molar-refractivity contribution in [2.75, 3.05) is 0 Å². The zero-order valence-electron chi connectivity index (χ0n) is 33.0. The van der Waals surface area contributed by atoms with E-state index in [0.717, 1.165) is 39.1 Å². The molecule has 64 heavy (non-hydrogen) atoms. The molecule has 322 valence electrons. The van der Waals surface area contributed by atoms with E-state index in [-0.39, 0.29) is 15.7 Å². The molecule has 0 amide bonds. The molecule has 0 saturated heterocycles. The van der Waals surface area contributed by atoms with Gasteiger partial charge in [-0.05, 0) is 87.4 Å². The Morgan fingerprint density at radius 3 is 1.53 bits per heavy atom. The molecular formula is C49H33BCl2F4O7S. The van der Waals surface area contributed by atoms with Gasteiger partial charge in [-0.1, -0.05) is 145 Å². The highest BCUT2D eigenvalue weighted by Crippen LogP contribution is 2.40. The summed E-state index contributed by atoms with van der Waals surface area (Å²) in [5.74, 6) is -0.462. The molecule has 0 atom stereocenters. The average molecular weight is 924 g/mol. The Hall–Kier alpha value is -6.61. The van der Waals surface area contributed by atoms with Gasteiger partial charge in [-0.15, -0.1) is 0 Å². The molecular weight excluding hydrogens is 890 g/mol. The van der Waals surface area contributed by atoms with Crippen molar-refractivity contribution >= 4 is 89.8 Å². The van der Waals surface area contributed by atoms with Crippen LogP contribution in [0.4, 0.5) is 17.9 Å². The third-order valence-corrected chi connectivity index (χ3v) is 11.4. The maximum atomic E-state index is 12.5. The fourth-order valence-corrected chi connectivity index (χ4v) is 7.84. The molecule has 2 aromatic heterocycles. The minimum absolute atomic E-state index is 0. The number of alkyl halides is 3. The van der Waals surface area contributed by atoms with Crippen LogP contribution in [-0.4, -0.2) is 31.1 Å². The number of halogens is 6. The standard InChI is InChI=1S/C24H15ClO.C13H6ClF3O4S.C12H11BO2.FH/c25-19-12-13-21-23(15-19)26-22-11-5-10-20(24(21)22)18-9-4-8-17(14-18)16-6-2-1-3-7-16;14-7-4-5-8-11(6-7)20-9-2-1-3-10(12(8)9)21-22(18,19)13(15,16)17;14-13(15)12-8-4-7-11(9-12)10-5-2-1-3-6-10;/h1-15H;1-6H;1-9,14-15H;1H. The molecule has 8 aromatic carbocycles. The highest BCUT2D eigenvalue weighted by molar-refractivity contribution is 7.88. The van der Waals surface area contributed by atoms with Crippen LogP contribution in [0.5, 0.6) is 5.75 Å². The molecule has 0 saturated carbocycles. The van der Waals surface area contributed by atoms with E-state index in [1.54, 1.807) is 12.1 Å². The molecule has 10 aromatic rings. The fourth-order valence-electron chi connectivity index (χ4n) is 7.05. The van der Waals surface area contributed by atoms with E-state index in [0.29, 0.717) is 26.5 Å². The molecule has 0 fully saturated rings. The molecule has 7 nitrogen and oxygen atoms in total. The van der Waals surface area contributed by atoms with Gasteiger partial charge in [-0.25, -0.2) is 0 Å². The van der Waals surface area contributed by atoms with Gasteiger partial charge >= 0.3 is 22.7 Å². The van der Waals surface area contributed by atoms with Crippen molar-refractivity contribution in [1.82, 2.24) is 0 Å². The summed E-state index contributed by atoms with van der Waals surface area (Å²) in [6, 6.07) is 56.6. The van der Waals surface area contributed by atoms with Gasteiger partial charge in [0.1, 0.15) is 22.3 Å². The first-order valence-corrected chi connectivity index (χ1v) is 21.3. The second-order valence-corrected chi connectivity index (χ2v) is 16.5. The molecule has 0 aliphatic carbocycles. The summed E-state index contributed by atoms with van der Waals surface area (Å²) in [5, 5.41) is 21.9. The van der Waals surface area contributed by atoms with Crippen LogP contribution in [0.2, 0.25) is 10.0 Å². The van der Waals surface area contributed by atoms with Gasteiger partial charge in [0.25, 0.3) is 0 Å². The monoisotopic (exact) mass is 922 g/mol. The largest absolute Gasteiger partial charge is 0.534 e. The lowest BCUT2D eigenvalue weighted by Crippen LogP contribution is -2.29. The fraction of sp³-hybridized carbons (Fsp3) is 0.0204. The lowest BCUT2D eigenvalue weighted by Gasteiger charge is -2.09. The van der Waals surface area contributed by atoms with E-state index in [1.807, 2.05) is 78.9 Å². The zero-order valence-corrected chi connectivity index (χ0v) is 35.4. The smallest absolute Gasteiger partial charge is 0.456 e. The minimum atomic E-state index is -5.76. The topological polar surface area (TPSA) is 110 Å². The Morgan fingerprint density at radius 2 is 0.969 bits per heavy atom. The lowest BCUT2D eigenvalue weighted by atomic mass is 9.79. The van der Waals surface area contributed by atoms with Gasteiger partial charge in [0, 0.05) is 38.3 Å². The van der Waals surface area contributed by atoms with Crippen LogP contribution in [0.25, 0.3) is 77.3 Å². The summed E-state index contributed by atoms with van der Waals surface area (Å²) in [6.45, 7) is 0. The van der Waals surface area contributed by atoms with Crippen LogP contribution in [0.1, 0.15) is 0 Å². The normalized spacial score (nSPS) is 11.4. The Labute approximate surface area is 374 Å². The van der Waals surface area contributed by atoms with E-state index < -0.39 is 28.5 Å². The molecule has 10 rings (SSSR count). The maximum Gasteiger partial charge on any atom is 0.534 e. The summed E-state index contributed by atoms with van der Waals surface area (Å²) >= 11 is 11.9. The van der Waals surface area contributed by atoms with Crippen LogP contribution in [0.3, 0.4) is 0 Å². The highest BCUT2D eigenvalue weighted by atomic mass is 35.5. The molecule has 15 heteroatoms. The molecule has 2 N–H and O–H groups in total. The van der Waals surface area contributed by atoms with Crippen molar-refractivity contribution in [3.8, 4) is 39.1 Å². The number of hydrogen-bond acceptors (Lipinski definition) is 7. The predicted molar refractivity (Wildman–Crippen MR) is 248 cm³/mol. The number of furan rings is 2. The van der Waals surface area contributed by atoms with Gasteiger partial charge < -0.3 is 23.1 Å². The molecule has 2 heterocycles. The first-order valence-electron chi connectivity index (χ1n) is 19.2. The second-order valence-electron chi connectivity index (χ2n) is 14.1. The van der Waals surface area contributed by atoms with E-state index in [2.05, 4.69) is 58.8 Å². The Balaban J connectivity index is 0.000000148. The van der Waals surface area contributed by atoms with E-state index in [9.17, 15) is 21.6 Å². The van der Waals surface area contributed by atoms with Gasteiger partial charge in [0.15, 0.2) is 5.75 Å². The van der Waals surface area contributed by atoms with E-state index in [1.165, 1.54) is 52.6 Å². The third kappa shape index (κ3) is 9.79. The van der Waals surface area contributed by atoms with Crippen LogP contribution in [0, 0.1) is 0 Å². The second kappa shape index (κ2) is 19.0. The summed E-state index contributed by atoms with van der Waals surface area (Å²) in [6.07, 6.45) is 0. The molecule has 0 bridgehead atoms. The van der Waals surface area contributed by atoms with Crippen molar-refractivity contribution in [1.29, 1.82) is 0 Å². The van der Waals surface area contributed by atoms with Gasteiger partial charge in [0.2, 0.25) is 0 Å². The molecule has 0 radical (unpaired) electrons. The van der Waals surface area contributed by atoms with Crippen LogP contribution in [0.15, 0.2) is 191 Å². The molecule has 0 spiro atoms. The third-order valence-electron chi connectivity index (χ3n) is 9.94. The number of fused-ring (bicyclic) bond motifs is 6. The minimum Gasteiger partial charge on any atom is -0.456 e. The summed E-state index contributed by atoms with van der Waals surface area (Å²) in [7, 11) is -7.17. The Morgan fingerprint density at radius 1 is 0.500 bits per heavy atom. The molecule has 0 aliphatic rings. The van der Waals surface area contributed by atoms with Crippen molar-refractivity contribution < 1.29 is 49.4 Å². The summed E-state index contributed by atoms with van der Waals surface area (Å²) in [4.78, 5) is 0. The SMILES string of the molecule is Clc1ccc2c(c1)oc1cccc(-c3cccc(-c4ccccc4)c3)c12.F.O=S(=O)(Oc1cccc2oc3cc(Cl)ccc3c12)C(F)(F)F.OB(O)c1cccc(-c2ccccc2)c1. The predicted octanol–water partition coefficient (Wildman–Crippen LogP) is 13.2.